The van der Waals surface area contributed by atoms with E-state index < -0.39 is 0 Å². The highest BCUT2D eigenvalue weighted by Crippen LogP contribution is 2.12. The molecule has 5 heteroatoms. The number of nitrogens with one attached hydrogen (secondary N) is 1. The van der Waals surface area contributed by atoms with Gasteiger partial charge in [-0.3, -0.25) is 4.98 Å². The van der Waals surface area contributed by atoms with Gasteiger partial charge in [-0.25, -0.2) is 10.8 Å². The second kappa shape index (κ2) is 5.50. The molecule has 1 aromatic heterocycles. The average Bonchev–Trinajstić information content (AvgIpc) is 2.28. The molecule has 84 valence electrons. The molecular formula is C10H19N5. The summed E-state index contributed by atoms with van der Waals surface area (Å²) in [7, 11) is 2.01. The van der Waals surface area contributed by atoms with Gasteiger partial charge in [-0.15, -0.1) is 0 Å². The molecule has 0 aliphatic rings. The zero-order valence-corrected chi connectivity index (χ0v) is 9.57. The first kappa shape index (κ1) is 11.7. The van der Waals surface area contributed by atoms with Crippen LogP contribution in [-0.4, -0.2) is 23.6 Å². The van der Waals surface area contributed by atoms with Crippen LogP contribution in [0.2, 0.25) is 0 Å². The van der Waals surface area contributed by atoms with Crippen LogP contribution in [0.4, 0.5) is 11.6 Å². The Morgan fingerprint density at radius 1 is 1.53 bits per heavy atom. The van der Waals surface area contributed by atoms with E-state index in [1.54, 1.807) is 12.4 Å². The molecule has 15 heavy (non-hydrogen) atoms. The van der Waals surface area contributed by atoms with E-state index >= 15 is 0 Å². The molecule has 0 aliphatic heterocycles. The summed E-state index contributed by atoms with van der Waals surface area (Å²) in [6.07, 6.45) is 4.50. The van der Waals surface area contributed by atoms with Gasteiger partial charge in [-0.1, -0.05) is 20.3 Å². The number of aromatic nitrogens is 2. The van der Waals surface area contributed by atoms with E-state index in [1.807, 2.05) is 7.05 Å². The molecule has 0 aromatic carbocycles. The Bertz CT molecular complexity index is 302. The fourth-order valence-electron chi connectivity index (χ4n) is 1.30. The predicted octanol–water partition coefficient (Wildman–Crippen LogP) is 1.24. The molecular weight excluding hydrogens is 190 g/mol. The van der Waals surface area contributed by atoms with E-state index in [0.29, 0.717) is 11.7 Å². The monoisotopic (exact) mass is 209 g/mol. The molecule has 1 aromatic rings. The molecule has 0 aliphatic carbocycles. The van der Waals surface area contributed by atoms with Gasteiger partial charge in [0.2, 0.25) is 0 Å². The maximum Gasteiger partial charge on any atom is 0.160 e. The first-order valence-corrected chi connectivity index (χ1v) is 5.17. The number of nitrogen functional groups attached to an aromatic ring is 1. The third kappa shape index (κ3) is 3.36. The Morgan fingerprint density at radius 2 is 2.27 bits per heavy atom. The molecule has 1 atom stereocenters. The van der Waals surface area contributed by atoms with Crippen LogP contribution in [-0.2, 0) is 0 Å². The second-order valence-corrected chi connectivity index (χ2v) is 3.80. The number of nitrogens with zero attached hydrogens (tertiary/aromatic N) is 3. The van der Waals surface area contributed by atoms with Crippen LogP contribution >= 0.6 is 0 Å². The number of hydrogen-bond acceptors (Lipinski definition) is 5. The van der Waals surface area contributed by atoms with Gasteiger partial charge in [0, 0.05) is 13.6 Å². The summed E-state index contributed by atoms with van der Waals surface area (Å²) in [6.45, 7) is 5.37. The molecule has 0 fully saturated rings. The van der Waals surface area contributed by atoms with Gasteiger partial charge in [-0.05, 0) is 5.92 Å². The van der Waals surface area contributed by atoms with E-state index in [-0.39, 0.29) is 0 Å². The summed E-state index contributed by atoms with van der Waals surface area (Å²) < 4.78 is 0. The summed E-state index contributed by atoms with van der Waals surface area (Å²) in [6, 6.07) is 0. The van der Waals surface area contributed by atoms with Crippen molar-refractivity contribution in [3.05, 3.63) is 12.4 Å². The molecule has 0 spiro atoms. The maximum absolute atomic E-state index is 5.28. The van der Waals surface area contributed by atoms with Crippen molar-refractivity contribution >= 4 is 11.6 Å². The fraction of sp³-hybridized carbons (Fsp3) is 0.600. The van der Waals surface area contributed by atoms with Crippen molar-refractivity contribution < 1.29 is 0 Å². The smallest absolute Gasteiger partial charge is 0.160 e. The Morgan fingerprint density at radius 3 is 2.87 bits per heavy atom. The summed E-state index contributed by atoms with van der Waals surface area (Å²) in [5.41, 5.74) is 2.49. The lowest BCUT2D eigenvalue weighted by atomic mass is 10.1. The molecule has 5 nitrogen and oxygen atoms in total. The Kier molecular flexibility index (Phi) is 4.30. The highest BCUT2D eigenvalue weighted by Gasteiger charge is 2.07. The normalized spacial score (nSPS) is 12.3. The van der Waals surface area contributed by atoms with Crippen molar-refractivity contribution in [1.82, 2.24) is 9.97 Å². The standard InChI is InChI=1S/C10H19N5/c1-4-8(2)7-15(3)10-6-12-5-9(13-10)14-11/h5-6,8H,4,7,11H2,1-3H3,(H,13,14). The molecule has 1 heterocycles. The van der Waals surface area contributed by atoms with E-state index in [0.717, 1.165) is 18.8 Å². The molecule has 1 rings (SSSR count). The van der Waals surface area contributed by atoms with Gasteiger partial charge >= 0.3 is 0 Å². The fourth-order valence-corrected chi connectivity index (χ4v) is 1.30. The Hall–Kier alpha value is -1.36. The summed E-state index contributed by atoms with van der Waals surface area (Å²) >= 11 is 0. The zero-order chi connectivity index (χ0) is 11.3. The van der Waals surface area contributed by atoms with Gasteiger partial charge in [0.25, 0.3) is 0 Å². The molecule has 0 saturated heterocycles. The third-order valence-electron chi connectivity index (χ3n) is 2.44. The van der Waals surface area contributed by atoms with Crippen molar-refractivity contribution in [3.8, 4) is 0 Å². The predicted molar refractivity (Wildman–Crippen MR) is 62.6 cm³/mol. The number of hydrogen-bond donors (Lipinski definition) is 2. The lowest BCUT2D eigenvalue weighted by Gasteiger charge is -2.21. The second-order valence-electron chi connectivity index (χ2n) is 3.80. The van der Waals surface area contributed by atoms with Crippen LogP contribution in [0.3, 0.4) is 0 Å². The van der Waals surface area contributed by atoms with Crippen molar-refractivity contribution in [3.63, 3.8) is 0 Å². The SMILES string of the molecule is CCC(C)CN(C)c1cncc(NN)n1. The summed E-state index contributed by atoms with van der Waals surface area (Å²) in [5, 5.41) is 0. The third-order valence-corrected chi connectivity index (χ3v) is 2.44. The number of anilines is 2. The van der Waals surface area contributed by atoms with Crippen molar-refractivity contribution in [2.45, 2.75) is 20.3 Å². The Balaban J connectivity index is 2.68. The Labute approximate surface area is 90.7 Å². The van der Waals surface area contributed by atoms with Gasteiger partial charge < -0.3 is 10.3 Å². The van der Waals surface area contributed by atoms with Crippen LogP contribution in [0.1, 0.15) is 20.3 Å². The molecule has 0 bridgehead atoms. The minimum Gasteiger partial charge on any atom is -0.358 e. The molecule has 0 saturated carbocycles. The molecule has 1 unspecified atom stereocenters. The number of hydrazine groups is 1. The lowest BCUT2D eigenvalue weighted by molar-refractivity contribution is 0.557. The largest absolute Gasteiger partial charge is 0.358 e. The van der Waals surface area contributed by atoms with Crippen LogP contribution in [0.25, 0.3) is 0 Å². The quantitative estimate of drug-likeness (QED) is 0.564. The van der Waals surface area contributed by atoms with Crippen LogP contribution in [0.15, 0.2) is 12.4 Å². The van der Waals surface area contributed by atoms with Gasteiger partial charge in [0.15, 0.2) is 5.82 Å². The first-order valence-electron chi connectivity index (χ1n) is 5.17. The van der Waals surface area contributed by atoms with Crippen LogP contribution in [0, 0.1) is 5.92 Å². The minimum atomic E-state index is 0.587. The van der Waals surface area contributed by atoms with Gasteiger partial charge in [0.05, 0.1) is 12.4 Å². The van der Waals surface area contributed by atoms with Crippen LogP contribution in [0.5, 0.6) is 0 Å². The summed E-state index contributed by atoms with van der Waals surface area (Å²) in [4.78, 5) is 10.5. The highest BCUT2D eigenvalue weighted by atomic mass is 15.3. The topological polar surface area (TPSA) is 67.1 Å². The number of nitrogens with two attached hydrogens (primary N) is 1. The van der Waals surface area contributed by atoms with E-state index in [2.05, 4.69) is 34.1 Å². The highest BCUT2D eigenvalue weighted by molar-refractivity contribution is 5.42. The zero-order valence-electron chi connectivity index (χ0n) is 9.57. The first-order chi connectivity index (χ1) is 7.17. The van der Waals surface area contributed by atoms with E-state index in [1.165, 1.54) is 0 Å². The van der Waals surface area contributed by atoms with Crippen molar-refractivity contribution in [2.24, 2.45) is 11.8 Å². The maximum atomic E-state index is 5.28. The van der Waals surface area contributed by atoms with E-state index in [9.17, 15) is 0 Å². The van der Waals surface area contributed by atoms with Crippen LogP contribution < -0.4 is 16.2 Å². The molecule has 0 amide bonds. The minimum absolute atomic E-state index is 0.587. The van der Waals surface area contributed by atoms with E-state index in [4.69, 9.17) is 5.84 Å². The lowest BCUT2D eigenvalue weighted by Crippen LogP contribution is -2.25. The summed E-state index contributed by atoms with van der Waals surface area (Å²) in [5.74, 6) is 7.35. The van der Waals surface area contributed by atoms with Crippen molar-refractivity contribution in [1.29, 1.82) is 0 Å². The average molecular weight is 209 g/mol. The van der Waals surface area contributed by atoms with Crippen molar-refractivity contribution in [2.75, 3.05) is 23.9 Å². The number of rotatable bonds is 5. The van der Waals surface area contributed by atoms with Gasteiger partial charge in [0.1, 0.15) is 5.82 Å². The van der Waals surface area contributed by atoms with Gasteiger partial charge in [-0.2, -0.15) is 0 Å². The molecule has 0 radical (unpaired) electrons. The molecule has 3 N–H and O–H groups in total.